The van der Waals surface area contributed by atoms with E-state index in [9.17, 15) is 0 Å². The number of fused-ring (bicyclic) bond motifs is 1. The molecule has 1 fully saturated rings. The topological polar surface area (TPSA) is 87.0 Å². The summed E-state index contributed by atoms with van der Waals surface area (Å²) >= 11 is 1.47. The second kappa shape index (κ2) is 8.48. The van der Waals surface area contributed by atoms with Crippen molar-refractivity contribution >= 4 is 40.4 Å². The Hall–Kier alpha value is -2.49. The van der Waals surface area contributed by atoms with E-state index in [1.165, 1.54) is 43.9 Å². The highest BCUT2D eigenvalue weighted by Crippen LogP contribution is 2.27. The van der Waals surface area contributed by atoms with Gasteiger partial charge in [-0.1, -0.05) is 6.42 Å². The van der Waals surface area contributed by atoms with Crippen LogP contribution in [0.25, 0.3) is 16.9 Å². The first-order valence-electron chi connectivity index (χ1n) is 9.55. The summed E-state index contributed by atoms with van der Waals surface area (Å²) in [7, 11) is 0. The highest BCUT2D eigenvalue weighted by atomic mass is 35.5. The number of aryl methyl sites for hydroxylation is 1. The van der Waals surface area contributed by atoms with Crippen molar-refractivity contribution in [2.24, 2.45) is 0 Å². The number of H-pyrrole nitrogens is 1. The minimum absolute atomic E-state index is 0. The quantitative estimate of drug-likeness (QED) is 0.497. The van der Waals surface area contributed by atoms with Gasteiger partial charge in [0.1, 0.15) is 5.00 Å². The van der Waals surface area contributed by atoms with Crippen LogP contribution in [0.5, 0.6) is 0 Å². The van der Waals surface area contributed by atoms with E-state index in [-0.39, 0.29) is 12.4 Å². The summed E-state index contributed by atoms with van der Waals surface area (Å²) in [6, 6.07) is 2.12. The molecule has 0 radical (unpaired) electrons. The molecule has 0 aromatic carbocycles. The molecule has 5 rings (SSSR count). The number of hydrogen-bond acceptors (Lipinski definition) is 7. The average Bonchev–Trinajstić information content (AvgIpc) is 3.43. The van der Waals surface area contributed by atoms with Gasteiger partial charge in [0.2, 0.25) is 0 Å². The fourth-order valence-electron chi connectivity index (χ4n) is 3.71. The number of halogens is 1. The molecule has 1 aliphatic rings. The van der Waals surface area contributed by atoms with Gasteiger partial charge in [-0.15, -0.1) is 12.4 Å². The Kier molecular flexibility index (Phi) is 5.79. The van der Waals surface area contributed by atoms with Gasteiger partial charge in [-0.2, -0.15) is 9.47 Å². The van der Waals surface area contributed by atoms with E-state index < -0.39 is 0 Å². The third kappa shape index (κ3) is 4.12. The summed E-state index contributed by atoms with van der Waals surface area (Å²) < 4.78 is 6.67. The molecule has 152 valence electrons. The van der Waals surface area contributed by atoms with E-state index in [1.54, 1.807) is 6.20 Å². The molecule has 0 bridgehead atoms. The third-order valence-corrected chi connectivity index (χ3v) is 5.78. The first-order chi connectivity index (χ1) is 13.8. The first-order valence-corrected chi connectivity index (χ1v) is 10.3. The van der Waals surface area contributed by atoms with Crippen molar-refractivity contribution in [2.75, 3.05) is 18.4 Å². The zero-order chi connectivity index (χ0) is 18.9. The van der Waals surface area contributed by atoms with E-state index >= 15 is 0 Å². The Morgan fingerprint density at radius 3 is 2.86 bits per heavy atom. The smallest absolute Gasteiger partial charge is 0.180 e. The van der Waals surface area contributed by atoms with E-state index in [2.05, 4.69) is 40.8 Å². The molecule has 0 amide bonds. The first kappa shape index (κ1) is 19.8. The molecule has 0 atom stereocenters. The van der Waals surface area contributed by atoms with E-state index in [4.69, 9.17) is 0 Å². The molecular formula is C19H23ClN8S. The van der Waals surface area contributed by atoms with Crippen LogP contribution in [0.15, 0.2) is 30.9 Å². The number of aromatic amines is 1. The van der Waals surface area contributed by atoms with E-state index in [1.807, 2.05) is 29.9 Å². The number of hydrogen-bond donors (Lipinski definition) is 2. The van der Waals surface area contributed by atoms with Crippen LogP contribution in [0.4, 0.5) is 10.8 Å². The van der Waals surface area contributed by atoms with Crippen LogP contribution < -0.4 is 5.32 Å². The third-order valence-electron chi connectivity index (χ3n) is 5.04. The van der Waals surface area contributed by atoms with Gasteiger partial charge in [-0.25, -0.2) is 9.97 Å². The number of nitrogens with one attached hydrogen (secondary N) is 2. The SMILES string of the molecule is Cc1cn2c(-c3cn[nH]c3)cnc2c(Nc2cc(CN3CCCCC3)ns2)n1.Cl. The normalized spacial score (nSPS) is 14.8. The average molecular weight is 431 g/mol. The lowest BCUT2D eigenvalue weighted by molar-refractivity contribution is 0.219. The maximum absolute atomic E-state index is 4.67. The van der Waals surface area contributed by atoms with Gasteiger partial charge in [0.15, 0.2) is 11.5 Å². The van der Waals surface area contributed by atoms with Crippen LogP contribution in [-0.2, 0) is 6.54 Å². The highest BCUT2D eigenvalue weighted by Gasteiger charge is 2.15. The predicted molar refractivity (Wildman–Crippen MR) is 117 cm³/mol. The maximum Gasteiger partial charge on any atom is 0.180 e. The summed E-state index contributed by atoms with van der Waals surface area (Å²) in [5.41, 5.74) is 4.78. The number of rotatable bonds is 5. The van der Waals surface area contributed by atoms with Crippen molar-refractivity contribution in [3.05, 3.63) is 42.2 Å². The highest BCUT2D eigenvalue weighted by molar-refractivity contribution is 7.10. The molecule has 2 N–H and O–H groups in total. The van der Waals surface area contributed by atoms with Crippen LogP contribution in [0.1, 0.15) is 30.7 Å². The number of piperidine rings is 1. The molecule has 0 aliphatic carbocycles. The molecule has 4 aromatic rings. The summed E-state index contributed by atoms with van der Waals surface area (Å²) in [5.74, 6) is 0.739. The van der Waals surface area contributed by atoms with Gasteiger partial charge >= 0.3 is 0 Å². The lowest BCUT2D eigenvalue weighted by Gasteiger charge is -2.25. The second-order valence-electron chi connectivity index (χ2n) is 7.20. The lowest BCUT2D eigenvalue weighted by atomic mass is 10.1. The van der Waals surface area contributed by atoms with Crippen LogP contribution >= 0.6 is 23.9 Å². The summed E-state index contributed by atoms with van der Waals surface area (Å²) in [6.45, 7) is 5.25. The van der Waals surface area contributed by atoms with Gasteiger partial charge in [-0.3, -0.25) is 14.4 Å². The van der Waals surface area contributed by atoms with E-state index in [0.29, 0.717) is 0 Å². The fourth-order valence-corrected chi connectivity index (χ4v) is 4.36. The summed E-state index contributed by atoms with van der Waals surface area (Å²) in [4.78, 5) is 11.7. The lowest BCUT2D eigenvalue weighted by Crippen LogP contribution is -2.29. The molecule has 10 heteroatoms. The van der Waals surface area contributed by atoms with Crippen LogP contribution in [0.2, 0.25) is 0 Å². The van der Waals surface area contributed by atoms with Gasteiger partial charge < -0.3 is 5.32 Å². The monoisotopic (exact) mass is 430 g/mol. The Balaban J connectivity index is 0.00000205. The molecule has 0 saturated carbocycles. The molecule has 0 spiro atoms. The number of anilines is 2. The summed E-state index contributed by atoms with van der Waals surface area (Å²) in [5, 5.41) is 11.3. The van der Waals surface area contributed by atoms with Crippen molar-refractivity contribution in [2.45, 2.75) is 32.7 Å². The van der Waals surface area contributed by atoms with E-state index in [0.717, 1.165) is 45.7 Å². The number of nitrogens with zero attached hydrogens (tertiary/aromatic N) is 6. The van der Waals surface area contributed by atoms with Crippen molar-refractivity contribution in [1.29, 1.82) is 0 Å². The Labute approximate surface area is 179 Å². The minimum atomic E-state index is 0. The number of likely N-dealkylation sites (tertiary alicyclic amines) is 1. The summed E-state index contributed by atoms with van der Waals surface area (Å²) in [6.07, 6.45) is 11.4. The predicted octanol–water partition coefficient (Wildman–Crippen LogP) is 4.04. The zero-order valence-corrected chi connectivity index (χ0v) is 17.8. The van der Waals surface area contributed by atoms with Crippen LogP contribution in [0, 0.1) is 6.92 Å². The largest absolute Gasteiger partial charge is 0.328 e. The Morgan fingerprint density at radius 2 is 2.07 bits per heavy atom. The zero-order valence-electron chi connectivity index (χ0n) is 16.1. The van der Waals surface area contributed by atoms with Crippen molar-refractivity contribution in [3.63, 3.8) is 0 Å². The number of imidazole rings is 1. The maximum atomic E-state index is 4.67. The molecule has 8 nitrogen and oxygen atoms in total. The van der Waals surface area contributed by atoms with Gasteiger partial charge in [-0.05, 0) is 50.5 Å². The van der Waals surface area contributed by atoms with Crippen LogP contribution in [0.3, 0.4) is 0 Å². The van der Waals surface area contributed by atoms with Crippen LogP contribution in [-0.4, -0.2) is 46.9 Å². The van der Waals surface area contributed by atoms with Crippen molar-refractivity contribution in [1.82, 2.24) is 33.8 Å². The molecule has 0 unspecified atom stereocenters. The fraction of sp³-hybridized carbons (Fsp3) is 0.368. The van der Waals surface area contributed by atoms with Crippen molar-refractivity contribution in [3.8, 4) is 11.3 Å². The molecule has 5 heterocycles. The standard InChI is InChI=1S/C19H22N8S.ClH/c1-13-11-27-16(14-8-21-22-9-14)10-20-19(27)18(23-13)24-17-7-15(25-28-17)12-26-5-3-2-4-6-26;/h7-11H,2-6,12H2,1H3,(H,21,22)(H,23,24);1H. The van der Waals surface area contributed by atoms with Gasteiger partial charge in [0, 0.05) is 24.5 Å². The van der Waals surface area contributed by atoms with Gasteiger partial charge in [0.05, 0.1) is 29.5 Å². The minimum Gasteiger partial charge on any atom is -0.328 e. The molecule has 4 aromatic heterocycles. The number of aromatic nitrogens is 6. The Bertz CT molecular complexity index is 1080. The molecule has 29 heavy (non-hydrogen) atoms. The second-order valence-corrected chi connectivity index (χ2v) is 8.00. The molecular weight excluding hydrogens is 408 g/mol. The Morgan fingerprint density at radius 1 is 1.21 bits per heavy atom. The van der Waals surface area contributed by atoms with Crippen molar-refractivity contribution < 1.29 is 0 Å². The molecule has 1 aliphatic heterocycles. The molecule has 1 saturated heterocycles. The van der Waals surface area contributed by atoms with Gasteiger partial charge in [0.25, 0.3) is 0 Å².